The summed E-state index contributed by atoms with van der Waals surface area (Å²) in [6.45, 7) is 5.20. The number of nitrogens with zero attached hydrogens (tertiary/aromatic N) is 3. The predicted octanol–water partition coefficient (Wildman–Crippen LogP) is 2.41. The minimum absolute atomic E-state index is 0.0215. The number of hydrogen-bond acceptors (Lipinski definition) is 4. The smallest absolute Gasteiger partial charge is 0.318 e. The van der Waals surface area contributed by atoms with Crippen LogP contribution in [0.3, 0.4) is 0 Å². The molecular weight excluding hydrogens is 456 g/mol. The maximum atomic E-state index is 14.0. The number of aliphatic hydroxyl groups is 1. The van der Waals surface area contributed by atoms with E-state index in [2.05, 4.69) is 29.6 Å². The fraction of sp³-hybridized carbons (Fsp3) is 0.536. The van der Waals surface area contributed by atoms with E-state index in [0.29, 0.717) is 24.7 Å². The zero-order valence-corrected chi connectivity index (χ0v) is 21.0. The Morgan fingerprint density at radius 2 is 1.78 bits per heavy atom. The van der Waals surface area contributed by atoms with Gasteiger partial charge in [-0.2, -0.15) is 0 Å². The monoisotopic (exact) mass is 492 g/mol. The van der Waals surface area contributed by atoms with E-state index >= 15 is 0 Å². The van der Waals surface area contributed by atoms with Crippen LogP contribution in [0.15, 0.2) is 53.3 Å². The molecule has 8 heteroatoms. The quantitative estimate of drug-likeness (QED) is 0.670. The van der Waals surface area contributed by atoms with Crippen molar-refractivity contribution in [2.75, 3.05) is 19.7 Å². The molecule has 4 heterocycles. The van der Waals surface area contributed by atoms with Gasteiger partial charge in [-0.3, -0.25) is 9.59 Å². The SMILES string of the molecule is CC(C)NC(=O)N1[C@@H]2Cn3c(cccc3=O)[C@H]1[C@@H](C(=O)N1CCC(Cc3ccccc3)CC1)[C@@H]2CO. The van der Waals surface area contributed by atoms with Crippen molar-refractivity contribution in [3.05, 3.63) is 70.1 Å². The number of carbonyl (C=O) groups excluding carboxylic acids is 2. The first-order valence-corrected chi connectivity index (χ1v) is 13.1. The second-order valence-corrected chi connectivity index (χ2v) is 10.8. The van der Waals surface area contributed by atoms with Gasteiger partial charge in [-0.05, 0) is 50.7 Å². The minimum atomic E-state index is -0.584. The van der Waals surface area contributed by atoms with Crippen LogP contribution in [0.2, 0.25) is 0 Å². The number of amides is 3. The van der Waals surface area contributed by atoms with Gasteiger partial charge in [0.05, 0.1) is 18.0 Å². The van der Waals surface area contributed by atoms with Crippen LogP contribution in [0, 0.1) is 17.8 Å². The van der Waals surface area contributed by atoms with Crippen LogP contribution in [0.25, 0.3) is 0 Å². The summed E-state index contributed by atoms with van der Waals surface area (Å²) in [5.74, 6) is -0.506. The molecule has 1 aromatic heterocycles. The zero-order valence-electron chi connectivity index (χ0n) is 21.0. The van der Waals surface area contributed by atoms with Gasteiger partial charge in [0.1, 0.15) is 0 Å². The van der Waals surface area contributed by atoms with E-state index in [4.69, 9.17) is 0 Å². The van der Waals surface area contributed by atoms with Crippen LogP contribution in [0.1, 0.15) is 44.0 Å². The molecule has 3 aliphatic rings. The number of pyridine rings is 1. The topological polar surface area (TPSA) is 94.9 Å². The van der Waals surface area contributed by atoms with Gasteiger partial charge < -0.3 is 24.8 Å². The van der Waals surface area contributed by atoms with Gasteiger partial charge in [-0.15, -0.1) is 0 Å². The molecule has 3 aliphatic heterocycles. The van der Waals surface area contributed by atoms with E-state index in [-0.39, 0.29) is 36.7 Å². The summed E-state index contributed by atoms with van der Waals surface area (Å²) >= 11 is 0. The number of hydrogen-bond donors (Lipinski definition) is 2. The van der Waals surface area contributed by atoms with E-state index in [9.17, 15) is 19.5 Å². The summed E-state index contributed by atoms with van der Waals surface area (Å²) in [6.07, 6.45) is 2.87. The Morgan fingerprint density at radius 1 is 1.06 bits per heavy atom. The summed E-state index contributed by atoms with van der Waals surface area (Å²) in [4.78, 5) is 43.7. The highest BCUT2D eigenvalue weighted by Crippen LogP contribution is 2.49. The molecular formula is C28H36N4O4. The fourth-order valence-electron chi connectivity index (χ4n) is 6.45. The number of benzene rings is 1. The number of nitrogens with one attached hydrogen (secondary N) is 1. The zero-order chi connectivity index (χ0) is 25.4. The number of aromatic nitrogens is 1. The van der Waals surface area contributed by atoms with E-state index < -0.39 is 23.9 Å². The van der Waals surface area contributed by atoms with Crippen molar-refractivity contribution in [1.82, 2.24) is 19.7 Å². The first-order chi connectivity index (χ1) is 17.4. The second-order valence-electron chi connectivity index (χ2n) is 10.8. The molecule has 2 aromatic rings. The molecule has 0 aliphatic carbocycles. The molecule has 2 fully saturated rings. The Labute approximate surface area is 211 Å². The van der Waals surface area contributed by atoms with Gasteiger partial charge in [-0.1, -0.05) is 36.4 Å². The Balaban J connectivity index is 1.40. The lowest BCUT2D eigenvalue weighted by atomic mass is 9.84. The Hall–Kier alpha value is -3.13. The lowest BCUT2D eigenvalue weighted by molar-refractivity contribution is -0.139. The number of carbonyl (C=O) groups is 2. The summed E-state index contributed by atoms with van der Waals surface area (Å²) < 4.78 is 1.68. The number of rotatable bonds is 5. The van der Waals surface area contributed by atoms with Gasteiger partial charge >= 0.3 is 6.03 Å². The third-order valence-electron chi connectivity index (χ3n) is 8.14. The number of likely N-dealkylation sites (tertiary alicyclic amines) is 1. The minimum Gasteiger partial charge on any atom is -0.396 e. The maximum Gasteiger partial charge on any atom is 0.318 e. The highest BCUT2D eigenvalue weighted by molar-refractivity contribution is 5.84. The molecule has 4 atom stereocenters. The second kappa shape index (κ2) is 10.1. The first-order valence-electron chi connectivity index (χ1n) is 13.1. The number of fused-ring (bicyclic) bond motifs is 4. The van der Waals surface area contributed by atoms with Gasteiger partial charge in [0.15, 0.2) is 0 Å². The Kier molecular flexibility index (Phi) is 6.88. The van der Waals surface area contributed by atoms with Crippen LogP contribution in [0.4, 0.5) is 4.79 Å². The van der Waals surface area contributed by atoms with Crippen LogP contribution in [0.5, 0.6) is 0 Å². The van der Waals surface area contributed by atoms with Crippen molar-refractivity contribution in [2.24, 2.45) is 17.8 Å². The largest absolute Gasteiger partial charge is 0.396 e. The van der Waals surface area contributed by atoms with E-state index in [1.807, 2.05) is 30.9 Å². The molecule has 192 valence electrons. The molecule has 0 saturated carbocycles. The summed E-state index contributed by atoms with van der Waals surface area (Å²) in [7, 11) is 0. The third-order valence-corrected chi connectivity index (χ3v) is 8.14. The van der Waals surface area contributed by atoms with Gasteiger partial charge in [0.2, 0.25) is 5.91 Å². The summed E-state index contributed by atoms with van der Waals surface area (Å²) in [5, 5.41) is 13.4. The number of piperidine rings is 1. The Morgan fingerprint density at radius 3 is 2.44 bits per heavy atom. The Bertz CT molecular complexity index is 1160. The van der Waals surface area contributed by atoms with E-state index in [1.165, 1.54) is 11.6 Å². The molecule has 2 N–H and O–H groups in total. The van der Waals surface area contributed by atoms with E-state index in [1.54, 1.807) is 15.5 Å². The molecule has 2 saturated heterocycles. The van der Waals surface area contributed by atoms with Crippen LogP contribution >= 0.6 is 0 Å². The number of aliphatic hydroxyl groups excluding tert-OH is 1. The normalized spacial score (nSPS) is 25.7. The van der Waals surface area contributed by atoms with Crippen LogP contribution in [-0.4, -0.2) is 63.2 Å². The predicted molar refractivity (Wildman–Crippen MR) is 136 cm³/mol. The van der Waals surface area contributed by atoms with Gasteiger partial charge in [0, 0.05) is 50.0 Å². The van der Waals surface area contributed by atoms with Crippen LogP contribution in [-0.2, 0) is 17.8 Å². The molecule has 5 rings (SSSR count). The fourth-order valence-corrected chi connectivity index (χ4v) is 6.45. The molecule has 1 aromatic carbocycles. The van der Waals surface area contributed by atoms with Crippen molar-refractivity contribution in [2.45, 2.75) is 57.8 Å². The van der Waals surface area contributed by atoms with Crippen molar-refractivity contribution < 1.29 is 14.7 Å². The van der Waals surface area contributed by atoms with Crippen molar-refractivity contribution in [3.63, 3.8) is 0 Å². The highest BCUT2D eigenvalue weighted by atomic mass is 16.3. The molecule has 8 nitrogen and oxygen atoms in total. The summed E-state index contributed by atoms with van der Waals surface area (Å²) in [5.41, 5.74) is 1.85. The molecule has 0 spiro atoms. The lowest BCUT2D eigenvalue weighted by Crippen LogP contribution is -2.53. The lowest BCUT2D eigenvalue weighted by Gasteiger charge is -2.39. The van der Waals surface area contributed by atoms with Crippen molar-refractivity contribution in [1.29, 1.82) is 0 Å². The standard InChI is InChI=1S/C28H36N4O4/c1-18(2)29-28(36)32-23-16-31-22(9-6-10-24(31)34)26(32)25(21(23)17-33)27(35)30-13-11-20(12-14-30)15-19-7-4-3-5-8-19/h3-10,18,20-21,23,25-26,33H,11-17H2,1-2H3,(H,29,36)/t21-,23-,25+,26+/m1/s1. The molecule has 36 heavy (non-hydrogen) atoms. The third kappa shape index (κ3) is 4.43. The average Bonchev–Trinajstić information content (AvgIpc) is 3.11. The first kappa shape index (κ1) is 24.6. The van der Waals surface area contributed by atoms with Crippen molar-refractivity contribution >= 4 is 11.9 Å². The molecule has 0 radical (unpaired) electrons. The van der Waals surface area contributed by atoms with E-state index in [0.717, 1.165) is 19.3 Å². The summed E-state index contributed by atoms with van der Waals surface area (Å²) in [6, 6.07) is 14.2. The van der Waals surface area contributed by atoms with Gasteiger partial charge in [-0.25, -0.2) is 4.79 Å². The molecule has 0 unspecified atom stereocenters. The average molecular weight is 493 g/mol. The maximum absolute atomic E-state index is 14.0. The number of urea groups is 1. The molecule has 2 bridgehead atoms. The van der Waals surface area contributed by atoms with Gasteiger partial charge in [0.25, 0.3) is 5.56 Å². The highest BCUT2D eigenvalue weighted by Gasteiger charge is 2.58. The van der Waals surface area contributed by atoms with Crippen LogP contribution < -0.4 is 10.9 Å². The van der Waals surface area contributed by atoms with Crippen molar-refractivity contribution in [3.8, 4) is 0 Å². The molecule has 3 amide bonds.